The number of fused-ring (bicyclic) bond motifs is 1. The third kappa shape index (κ3) is 2.35. The molecule has 0 spiro atoms. The summed E-state index contributed by atoms with van der Waals surface area (Å²) in [5.74, 6) is 2.48. The molecule has 2 heterocycles. The molecule has 3 rings (SSSR count). The van der Waals surface area contributed by atoms with Crippen molar-refractivity contribution in [1.82, 2.24) is 0 Å². The van der Waals surface area contributed by atoms with Crippen molar-refractivity contribution in [3.63, 3.8) is 0 Å². The first-order chi connectivity index (χ1) is 8.67. The lowest BCUT2D eigenvalue weighted by Gasteiger charge is -2.26. The van der Waals surface area contributed by atoms with Crippen LogP contribution in [0.3, 0.4) is 0 Å². The number of thioether (sulfide) groups is 1. The summed E-state index contributed by atoms with van der Waals surface area (Å²) in [6.45, 7) is 0. The van der Waals surface area contributed by atoms with Crippen LogP contribution < -0.4 is 0 Å². The van der Waals surface area contributed by atoms with Crippen LogP contribution in [0, 0.1) is 5.92 Å². The van der Waals surface area contributed by atoms with E-state index in [9.17, 15) is 8.42 Å². The standard InChI is InChI=1S/C13H18O3S2/c14-18(15)9-12(11-5-1-2-6-13(11)18)17-8-10-4-3-7-16-10/h3-4,7,11-13H,1-2,5-6,8-9H2. The summed E-state index contributed by atoms with van der Waals surface area (Å²) >= 11 is 1.76. The summed E-state index contributed by atoms with van der Waals surface area (Å²) in [5.41, 5.74) is 0. The van der Waals surface area contributed by atoms with Gasteiger partial charge in [0.15, 0.2) is 9.84 Å². The van der Waals surface area contributed by atoms with E-state index in [2.05, 4.69) is 0 Å². The Morgan fingerprint density at radius 3 is 2.94 bits per heavy atom. The highest BCUT2D eigenvalue weighted by molar-refractivity contribution is 8.01. The van der Waals surface area contributed by atoms with Gasteiger partial charge in [-0.15, -0.1) is 11.8 Å². The summed E-state index contributed by atoms with van der Waals surface area (Å²) in [6, 6.07) is 3.83. The predicted molar refractivity (Wildman–Crippen MR) is 73.3 cm³/mol. The van der Waals surface area contributed by atoms with E-state index in [0.29, 0.717) is 11.7 Å². The lowest BCUT2D eigenvalue weighted by Crippen LogP contribution is -2.28. The molecule has 3 atom stereocenters. The van der Waals surface area contributed by atoms with E-state index in [1.807, 2.05) is 12.1 Å². The number of hydrogen-bond acceptors (Lipinski definition) is 4. The maximum atomic E-state index is 12.1. The van der Waals surface area contributed by atoms with Gasteiger partial charge >= 0.3 is 0 Å². The van der Waals surface area contributed by atoms with Gasteiger partial charge in [-0.3, -0.25) is 0 Å². The van der Waals surface area contributed by atoms with Gasteiger partial charge in [0.25, 0.3) is 0 Å². The van der Waals surface area contributed by atoms with Gasteiger partial charge in [0.1, 0.15) is 5.76 Å². The number of rotatable bonds is 3. The molecule has 1 aliphatic heterocycles. The van der Waals surface area contributed by atoms with E-state index in [1.54, 1.807) is 18.0 Å². The molecule has 5 heteroatoms. The minimum atomic E-state index is -2.84. The summed E-state index contributed by atoms with van der Waals surface area (Å²) in [7, 11) is -2.84. The lowest BCUT2D eigenvalue weighted by molar-refractivity contribution is 0.378. The predicted octanol–water partition coefficient (Wildman–Crippen LogP) is 2.87. The molecule has 18 heavy (non-hydrogen) atoms. The highest BCUT2D eigenvalue weighted by Gasteiger charge is 2.47. The molecule has 0 radical (unpaired) electrons. The molecule has 1 saturated carbocycles. The maximum Gasteiger partial charge on any atom is 0.154 e. The van der Waals surface area contributed by atoms with E-state index in [1.165, 1.54) is 6.42 Å². The van der Waals surface area contributed by atoms with Crippen LogP contribution in [0.4, 0.5) is 0 Å². The lowest BCUT2D eigenvalue weighted by atomic mass is 9.87. The van der Waals surface area contributed by atoms with E-state index >= 15 is 0 Å². The van der Waals surface area contributed by atoms with Crippen LogP contribution in [0.1, 0.15) is 31.4 Å². The van der Waals surface area contributed by atoms with Crippen LogP contribution >= 0.6 is 11.8 Å². The molecule has 3 nitrogen and oxygen atoms in total. The first kappa shape index (κ1) is 12.6. The number of furan rings is 1. The van der Waals surface area contributed by atoms with Gasteiger partial charge in [0, 0.05) is 5.25 Å². The smallest absolute Gasteiger partial charge is 0.154 e. The molecule has 1 aliphatic carbocycles. The van der Waals surface area contributed by atoms with Crippen molar-refractivity contribution >= 4 is 21.6 Å². The van der Waals surface area contributed by atoms with Gasteiger partial charge in [0.05, 0.1) is 23.0 Å². The van der Waals surface area contributed by atoms with E-state index < -0.39 is 9.84 Å². The quantitative estimate of drug-likeness (QED) is 0.857. The monoisotopic (exact) mass is 286 g/mol. The highest BCUT2D eigenvalue weighted by atomic mass is 32.2. The van der Waals surface area contributed by atoms with Crippen molar-refractivity contribution in [2.45, 2.75) is 41.9 Å². The molecule has 2 aliphatic rings. The van der Waals surface area contributed by atoms with Gasteiger partial charge < -0.3 is 4.42 Å². The first-order valence-electron chi connectivity index (χ1n) is 6.52. The zero-order valence-corrected chi connectivity index (χ0v) is 11.9. The van der Waals surface area contributed by atoms with Crippen LogP contribution in [0.5, 0.6) is 0 Å². The van der Waals surface area contributed by atoms with Gasteiger partial charge in [-0.1, -0.05) is 12.8 Å². The second-order valence-corrected chi connectivity index (χ2v) is 8.74. The fourth-order valence-electron chi connectivity index (χ4n) is 3.23. The minimum Gasteiger partial charge on any atom is -0.468 e. The Morgan fingerprint density at radius 1 is 1.33 bits per heavy atom. The molecule has 0 aromatic carbocycles. The summed E-state index contributed by atoms with van der Waals surface area (Å²) in [4.78, 5) is 0. The second-order valence-electron chi connectivity index (χ2n) is 5.25. The Bertz CT molecular complexity index is 492. The molecule has 1 aromatic heterocycles. The zero-order valence-electron chi connectivity index (χ0n) is 10.2. The van der Waals surface area contributed by atoms with Crippen molar-refractivity contribution in [1.29, 1.82) is 0 Å². The average Bonchev–Trinajstić information content (AvgIpc) is 2.95. The largest absolute Gasteiger partial charge is 0.468 e. The van der Waals surface area contributed by atoms with Crippen LogP contribution in [0.15, 0.2) is 22.8 Å². The third-order valence-electron chi connectivity index (χ3n) is 4.11. The van der Waals surface area contributed by atoms with E-state index in [0.717, 1.165) is 30.8 Å². The van der Waals surface area contributed by atoms with Gasteiger partial charge in [-0.2, -0.15) is 0 Å². The Morgan fingerprint density at radius 2 is 2.17 bits per heavy atom. The molecule has 0 amide bonds. The molecule has 3 unspecified atom stereocenters. The van der Waals surface area contributed by atoms with Crippen molar-refractivity contribution < 1.29 is 12.8 Å². The van der Waals surface area contributed by atoms with Crippen molar-refractivity contribution in [2.24, 2.45) is 5.92 Å². The Hall–Kier alpha value is -0.420. The number of sulfone groups is 1. The SMILES string of the molecule is O=S1(=O)CC(SCc2ccco2)C2CCCCC21. The normalized spacial score (nSPS) is 34.3. The second kappa shape index (κ2) is 4.93. The first-order valence-corrected chi connectivity index (χ1v) is 9.29. The average molecular weight is 286 g/mol. The van der Waals surface area contributed by atoms with Gasteiger partial charge in [-0.25, -0.2) is 8.42 Å². The molecule has 1 saturated heterocycles. The maximum absolute atomic E-state index is 12.1. The van der Waals surface area contributed by atoms with Gasteiger partial charge in [0.2, 0.25) is 0 Å². The minimum absolute atomic E-state index is 0.0552. The summed E-state index contributed by atoms with van der Waals surface area (Å²) in [5, 5.41) is 0.214. The van der Waals surface area contributed by atoms with Crippen molar-refractivity contribution in [3.8, 4) is 0 Å². The summed E-state index contributed by atoms with van der Waals surface area (Å²) < 4.78 is 29.6. The molecule has 1 aromatic rings. The fraction of sp³-hybridized carbons (Fsp3) is 0.692. The Labute approximate surface area is 112 Å². The van der Waals surface area contributed by atoms with Crippen LogP contribution in [-0.4, -0.2) is 24.7 Å². The third-order valence-corrected chi connectivity index (χ3v) is 8.05. The topological polar surface area (TPSA) is 47.3 Å². The zero-order chi connectivity index (χ0) is 12.6. The molecule has 100 valence electrons. The number of hydrogen-bond donors (Lipinski definition) is 0. The Kier molecular flexibility index (Phi) is 3.45. The molecule has 0 bridgehead atoms. The van der Waals surface area contributed by atoms with E-state index in [4.69, 9.17) is 4.42 Å². The summed E-state index contributed by atoms with van der Waals surface area (Å²) in [6.07, 6.45) is 5.90. The van der Waals surface area contributed by atoms with Crippen LogP contribution in [0.2, 0.25) is 0 Å². The fourth-order valence-corrected chi connectivity index (χ4v) is 7.73. The van der Waals surface area contributed by atoms with Crippen molar-refractivity contribution in [2.75, 3.05) is 5.75 Å². The molecular formula is C13H18O3S2. The Balaban J connectivity index is 1.69. The molecule has 0 N–H and O–H groups in total. The van der Waals surface area contributed by atoms with Crippen LogP contribution in [-0.2, 0) is 15.6 Å². The van der Waals surface area contributed by atoms with E-state index in [-0.39, 0.29) is 10.5 Å². The van der Waals surface area contributed by atoms with Crippen LogP contribution in [0.25, 0.3) is 0 Å². The molecular weight excluding hydrogens is 268 g/mol. The van der Waals surface area contributed by atoms with Crippen molar-refractivity contribution in [3.05, 3.63) is 24.2 Å². The van der Waals surface area contributed by atoms with Gasteiger partial charge in [-0.05, 0) is 30.9 Å². The highest BCUT2D eigenvalue weighted by Crippen LogP contribution is 2.43. The molecule has 2 fully saturated rings.